The molecule has 1 aromatic carbocycles. The number of allylic oxidation sites excluding steroid dienone is 5. The molecule has 3 heteroatoms. The summed E-state index contributed by atoms with van der Waals surface area (Å²) >= 11 is 0. The number of rotatable bonds is 12. The summed E-state index contributed by atoms with van der Waals surface area (Å²) in [5.41, 5.74) is 11.5. The van der Waals surface area contributed by atoms with E-state index in [1.807, 2.05) is 27.0 Å². The molecule has 0 aromatic heterocycles. The first-order valence-electron chi connectivity index (χ1n) is 16.7. The normalized spacial score (nSPS) is 18.5. The summed E-state index contributed by atoms with van der Waals surface area (Å²) in [6.45, 7) is 18.6. The van der Waals surface area contributed by atoms with Gasteiger partial charge in [-0.05, 0) is 127 Å². The summed E-state index contributed by atoms with van der Waals surface area (Å²) in [5.74, 6) is 0.747. The van der Waals surface area contributed by atoms with E-state index < -0.39 is 0 Å². The molecule has 0 radical (unpaired) electrons. The van der Waals surface area contributed by atoms with Crippen molar-refractivity contribution in [1.82, 2.24) is 4.90 Å². The van der Waals surface area contributed by atoms with Crippen molar-refractivity contribution >= 4 is 17.5 Å². The van der Waals surface area contributed by atoms with Crippen LogP contribution in [0.5, 0.6) is 0 Å². The Morgan fingerprint density at radius 3 is 2.33 bits per heavy atom. The lowest BCUT2D eigenvalue weighted by atomic mass is 9.86. The van der Waals surface area contributed by atoms with Crippen molar-refractivity contribution in [1.29, 1.82) is 0 Å². The van der Waals surface area contributed by atoms with Crippen LogP contribution in [0.2, 0.25) is 0 Å². The lowest BCUT2D eigenvalue weighted by Gasteiger charge is -2.19. The Labute approximate surface area is 259 Å². The lowest BCUT2D eigenvalue weighted by molar-refractivity contribution is 0.314. The Hall–Kier alpha value is -2.52. The van der Waals surface area contributed by atoms with Crippen LogP contribution in [0.1, 0.15) is 129 Å². The van der Waals surface area contributed by atoms with Crippen molar-refractivity contribution in [2.75, 3.05) is 20.6 Å². The fourth-order valence-corrected chi connectivity index (χ4v) is 6.11. The average molecular weight is 572 g/mol. The number of benzene rings is 1. The van der Waals surface area contributed by atoms with E-state index in [0.717, 1.165) is 47.6 Å². The third kappa shape index (κ3) is 11.0. The highest BCUT2D eigenvalue weighted by Gasteiger charge is 2.19. The van der Waals surface area contributed by atoms with E-state index in [2.05, 4.69) is 99.9 Å². The molecule has 0 fully saturated rings. The molecule has 0 spiro atoms. The van der Waals surface area contributed by atoms with E-state index in [1.54, 1.807) is 5.57 Å². The maximum absolute atomic E-state index is 4.68. The first kappa shape index (κ1) is 35.7. The van der Waals surface area contributed by atoms with E-state index in [-0.39, 0.29) is 0 Å². The van der Waals surface area contributed by atoms with Crippen LogP contribution in [0.4, 0.5) is 0 Å². The van der Waals surface area contributed by atoms with Gasteiger partial charge in [0.1, 0.15) is 0 Å². The predicted molar refractivity (Wildman–Crippen MR) is 189 cm³/mol. The minimum Gasteiger partial charge on any atom is -0.296 e. The molecule has 1 aromatic rings. The van der Waals surface area contributed by atoms with Crippen molar-refractivity contribution in [3.05, 3.63) is 75.5 Å². The lowest BCUT2D eigenvalue weighted by Crippen LogP contribution is -2.25. The van der Waals surface area contributed by atoms with Crippen molar-refractivity contribution in [3.63, 3.8) is 0 Å². The van der Waals surface area contributed by atoms with Gasteiger partial charge in [0.05, 0.1) is 5.71 Å². The number of hydrogen-bond donors (Lipinski definition) is 0. The number of aryl methyl sites for hydroxylation is 2. The van der Waals surface area contributed by atoms with Crippen LogP contribution in [0.15, 0.2) is 63.3 Å². The number of aliphatic imine (C=N–C) groups is 2. The molecule has 0 saturated carbocycles. The van der Waals surface area contributed by atoms with E-state index in [1.165, 1.54) is 80.0 Å². The molecule has 0 bridgehead atoms. The summed E-state index contributed by atoms with van der Waals surface area (Å²) in [7, 11) is 4.09. The summed E-state index contributed by atoms with van der Waals surface area (Å²) < 4.78 is 0. The largest absolute Gasteiger partial charge is 0.296 e. The van der Waals surface area contributed by atoms with E-state index in [4.69, 9.17) is 0 Å². The molecule has 3 rings (SSSR count). The monoisotopic (exact) mass is 571 g/mol. The first-order chi connectivity index (χ1) is 20.2. The van der Waals surface area contributed by atoms with Gasteiger partial charge in [0.25, 0.3) is 0 Å². The van der Waals surface area contributed by atoms with Gasteiger partial charge in [-0.15, -0.1) is 0 Å². The van der Waals surface area contributed by atoms with Crippen LogP contribution in [0.3, 0.4) is 0 Å². The minimum absolute atomic E-state index is 0.736. The molecule has 1 atom stereocenters. The second kappa shape index (κ2) is 18.9. The number of nitrogens with zero attached hydrogens (tertiary/aromatic N) is 3. The van der Waals surface area contributed by atoms with Crippen molar-refractivity contribution in [2.24, 2.45) is 15.9 Å². The quantitative estimate of drug-likeness (QED) is 0.181. The van der Waals surface area contributed by atoms with Crippen molar-refractivity contribution in [2.45, 2.75) is 126 Å². The first-order valence-corrected chi connectivity index (χ1v) is 16.7. The molecule has 1 unspecified atom stereocenters. The van der Waals surface area contributed by atoms with Gasteiger partial charge in [0.15, 0.2) is 0 Å². The van der Waals surface area contributed by atoms with Gasteiger partial charge in [-0.3, -0.25) is 14.9 Å². The van der Waals surface area contributed by atoms with Gasteiger partial charge in [0.2, 0.25) is 0 Å². The van der Waals surface area contributed by atoms with Crippen LogP contribution in [0.25, 0.3) is 6.08 Å². The highest BCUT2D eigenvalue weighted by molar-refractivity contribution is 6.13. The van der Waals surface area contributed by atoms with Gasteiger partial charge in [-0.2, -0.15) is 0 Å². The maximum atomic E-state index is 4.68. The molecule has 0 N–H and O–H groups in total. The van der Waals surface area contributed by atoms with Crippen molar-refractivity contribution < 1.29 is 0 Å². The van der Waals surface area contributed by atoms with Crippen LogP contribution in [0, 0.1) is 12.8 Å². The molecule has 0 saturated heterocycles. The highest BCUT2D eigenvalue weighted by atomic mass is 15.1. The van der Waals surface area contributed by atoms with Gasteiger partial charge in [-0.25, -0.2) is 0 Å². The number of hydrogen-bond acceptors (Lipinski definition) is 3. The fourth-order valence-electron chi connectivity index (χ4n) is 6.11. The summed E-state index contributed by atoms with van der Waals surface area (Å²) in [5, 5.41) is 0. The molecule has 0 amide bonds. The third-order valence-electron chi connectivity index (χ3n) is 8.91. The van der Waals surface area contributed by atoms with Gasteiger partial charge < -0.3 is 0 Å². The van der Waals surface area contributed by atoms with Crippen molar-refractivity contribution in [3.8, 4) is 0 Å². The molecular formula is C39H61N3. The Balaban J connectivity index is 0.000000518. The zero-order chi connectivity index (χ0) is 31.1. The molecule has 232 valence electrons. The summed E-state index contributed by atoms with van der Waals surface area (Å²) in [6.07, 6.45) is 24.2. The SMILES string of the molecule is CCCCC1C=CCN1C.C\C=C(C)/N=C(C)\C(C)=C/C(=NC)c1cc(C)c2c(c1)CCCC(C(CCC)CCC)=C2. The van der Waals surface area contributed by atoms with Crippen LogP contribution >= 0.6 is 0 Å². The van der Waals surface area contributed by atoms with Crippen LogP contribution < -0.4 is 0 Å². The maximum Gasteiger partial charge on any atom is 0.0646 e. The minimum atomic E-state index is 0.736. The molecule has 3 nitrogen and oxygen atoms in total. The van der Waals surface area contributed by atoms with Crippen LogP contribution in [-0.4, -0.2) is 43.0 Å². The Kier molecular flexibility index (Phi) is 16.1. The van der Waals surface area contributed by atoms with Gasteiger partial charge in [0, 0.05) is 36.6 Å². The number of unbranched alkanes of at least 4 members (excludes halogenated alkanes) is 1. The number of fused-ring (bicyclic) bond motifs is 1. The summed E-state index contributed by atoms with van der Waals surface area (Å²) in [4.78, 5) is 11.7. The smallest absolute Gasteiger partial charge is 0.0646 e. The molecule has 42 heavy (non-hydrogen) atoms. The predicted octanol–water partition coefficient (Wildman–Crippen LogP) is 10.7. The molecule has 1 heterocycles. The van der Waals surface area contributed by atoms with Crippen LogP contribution in [-0.2, 0) is 6.42 Å². The Morgan fingerprint density at radius 2 is 1.76 bits per heavy atom. The topological polar surface area (TPSA) is 28.0 Å². The highest BCUT2D eigenvalue weighted by Crippen LogP contribution is 2.34. The standard InChI is InChI=1S/C30H44N2.C9H17N/c1-9-13-25(14-10-2)26-15-12-16-27-19-28(17-22(5)29(27)20-26)30(31-8)18-21(4)24(7)32-23(6)11-3;1-3-4-6-9-7-5-8-10(9)2/h11,17-20,25H,9-10,12-16H2,1-8H3;5,7,9H,3-4,6,8H2,1-2H3/b21-18-,23-11-,31-30?,32-24-;. The Morgan fingerprint density at radius 1 is 1.05 bits per heavy atom. The van der Waals surface area contributed by atoms with Gasteiger partial charge >= 0.3 is 0 Å². The molecule has 1 aliphatic carbocycles. The fraction of sp³-hybridized carbons (Fsp3) is 0.590. The molecule has 1 aliphatic heterocycles. The zero-order valence-corrected chi connectivity index (χ0v) is 28.8. The zero-order valence-electron chi connectivity index (χ0n) is 28.8. The Bertz CT molecular complexity index is 1170. The second-order valence-electron chi connectivity index (χ2n) is 12.4. The van der Waals surface area contributed by atoms with E-state index >= 15 is 0 Å². The van der Waals surface area contributed by atoms with E-state index in [9.17, 15) is 0 Å². The second-order valence-corrected chi connectivity index (χ2v) is 12.4. The van der Waals surface area contributed by atoms with E-state index in [0.29, 0.717) is 0 Å². The molecule has 2 aliphatic rings. The average Bonchev–Trinajstić information content (AvgIpc) is 3.26. The molecular weight excluding hydrogens is 510 g/mol. The third-order valence-corrected chi connectivity index (χ3v) is 8.91. The van der Waals surface area contributed by atoms with Gasteiger partial charge in [-0.1, -0.05) is 76.3 Å². The summed E-state index contributed by atoms with van der Waals surface area (Å²) in [6, 6.07) is 5.44. The number of likely N-dealkylation sites (N-methyl/N-ethyl adjacent to an activating group) is 1.